The number of nitrogens with zero attached hydrogens (tertiary/aromatic N) is 3. The second kappa shape index (κ2) is 8.36. The lowest BCUT2D eigenvalue weighted by Gasteiger charge is -2.40. The maximum atomic E-state index is 13.6. The number of amides is 1. The zero-order chi connectivity index (χ0) is 21.4. The molecule has 2 fully saturated rings. The fourth-order valence-corrected chi connectivity index (χ4v) is 6.90. The summed E-state index contributed by atoms with van der Waals surface area (Å²) in [5.74, 6) is 0.400. The van der Waals surface area contributed by atoms with Crippen molar-refractivity contribution in [2.75, 3.05) is 31.1 Å². The molecule has 1 aliphatic carbocycles. The topological polar surface area (TPSA) is 70.6 Å². The Kier molecular flexibility index (Phi) is 5.97. The van der Waals surface area contributed by atoms with Crippen molar-refractivity contribution in [1.82, 2.24) is 9.88 Å². The van der Waals surface area contributed by atoms with Gasteiger partial charge in [-0.25, -0.2) is 13.4 Å². The molecule has 9 heteroatoms. The molecule has 1 aromatic heterocycles. The molecule has 2 aliphatic rings. The van der Waals surface area contributed by atoms with Gasteiger partial charge in [0.25, 0.3) is 0 Å². The Morgan fingerprint density at radius 3 is 2.20 bits per heavy atom. The molecule has 30 heavy (non-hydrogen) atoms. The standard InChI is InChI=1S/C21H23Cl2N3O3S/c22-16-5-7-17(8-6-16)30(28,29)21(9-1-2-10-21)20(27)26-14-12-25(13-15-26)19-18(23)4-3-11-24-19/h3-8,11H,1-2,9-10,12-15H2. The van der Waals surface area contributed by atoms with Crippen LogP contribution >= 0.6 is 23.2 Å². The highest BCUT2D eigenvalue weighted by Gasteiger charge is 2.54. The predicted molar refractivity (Wildman–Crippen MR) is 118 cm³/mol. The molecule has 0 atom stereocenters. The van der Waals surface area contributed by atoms with Crippen molar-refractivity contribution in [3.05, 3.63) is 52.6 Å². The number of hydrogen-bond acceptors (Lipinski definition) is 5. The van der Waals surface area contributed by atoms with E-state index in [4.69, 9.17) is 23.2 Å². The molecule has 2 heterocycles. The van der Waals surface area contributed by atoms with Crippen molar-refractivity contribution in [3.8, 4) is 0 Å². The van der Waals surface area contributed by atoms with Gasteiger partial charge in [0.1, 0.15) is 5.82 Å². The van der Waals surface area contributed by atoms with Crippen LogP contribution in [-0.4, -0.2) is 55.1 Å². The molecule has 2 aromatic rings. The van der Waals surface area contributed by atoms with Gasteiger partial charge in [0, 0.05) is 37.4 Å². The van der Waals surface area contributed by atoms with E-state index < -0.39 is 14.6 Å². The predicted octanol–water partition coefficient (Wildman–Crippen LogP) is 3.82. The van der Waals surface area contributed by atoms with E-state index in [-0.39, 0.29) is 10.8 Å². The average Bonchev–Trinajstić information content (AvgIpc) is 3.26. The molecule has 0 radical (unpaired) electrons. The number of halogens is 2. The van der Waals surface area contributed by atoms with E-state index in [1.807, 2.05) is 4.90 Å². The van der Waals surface area contributed by atoms with Crippen LogP contribution in [0.5, 0.6) is 0 Å². The Bertz CT molecular complexity index is 1030. The number of anilines is 1. The third-order valence-electron chi connectivity index (χ3n) is 6.04. The van der Waals surface area contributed by atoms with Gasteiger partial charge < -0.3 is 9.80 Å². The summed E-state index contributed by atoms with van der Waals surface area (Å²) in [5, 5.41) is 1.03. The van der Waals surface area contributed by atoms with Gasteiger partial charge in [0.05, 0.1) is 9.92 Å². The molecule has 1 aliphatic heterocycles. The summed E-state index contributed by atoms with van der Waals surface area (Å²) in [5.41, 5.74) is 0. The Morgan fingerprint density at radius 2 is 1.60 bits per heavy atom. The van der Waals surface area contributed by atoms with E-state index in [9.17, 15) is 13.2 Å². The number of carbonyl (C=O) groups is 1. The van der Waals surface area contributed by atoms with Crippen LogP contribution in [0.25, 0.3) is 0 Å². The van der Waals surface area contributed by atoms with E-state index in [0.29, 0.717) is 54.9 Å². The molecular weight excluding hydrogens is 445 g/mol. The van der Waals surface area contributed by atoms with Gasteiger partial charge in [-0.05, 0) is 49.2 Å². The quantitative estimate of drug-likeness (QED) is 0.683. The number of carbonyl (C=O) groups excluding carboxylic acids is 1. The van der Waals surface area contributed by atoms with Crippen molar-refractivity contribution in [2.45, 2.75) is 35.3 Å². The minimum absolute atomic E-state index is 0.154. The monoisotopic (exact) mass is 467 g/mol. The first-order valence-corrected chi connectivity index (χ1v) is 12.2. The van der Waals surface area contributed by atoms with Gasteiger partial charge in [0.15, 0.2) is 14.6 Å². The van der Waals surface area contributed by atoms with Gasteiger partial charge in [-0.3, -0.25) is 4.79 Å². The first-order chi connectivity index (χ1) is 14.3. The van der Waals surface area contributed by atoms with Gasteiger partial charge in [0.2, 0.25) is 5.91 Å². The summed E-state index contributed by atoms with van der Waals surface area (Å²) in [7, 11) is -3.83. The van der Waals surface area contributed by atoms with Crippen LogP contribution in [0.15, 0.2) is 47.5 Å². The number of rotatable bonds is 4. The number of piperazine rings is 1. The van der Waals surface area contributed by atoms with Gasteiger partial charge in [-0.2, -0.15) is 0 Å². The number of aromatic nitrogens is 1. The Labute approximate surface area is 186 Å². The Balaban J connectivity index is 1.56. The normalized spacial score (nSPS) is 19.1. The molecule has 0 bridgehead atoms. The number of pyridine rings is 1. The van der Waals surface area contributed by atoms with Crippen LogP contribution in [0.4, 0.5) is 5.82 Å². The molecule has 160 valence electrons. The van der Waals surface area contributed by atoms with Crippen molar-refractivity contribution < 1.29 is 13.2 Å². The third kappa shape index (κ3) is 3.67. The van der Waals surface area contributed by atoms with Gasteiger partial charge in [-0.1, -0.05) is 36.0 Å². The zero-order valence-electron chi connectivity index (χ0n) is 16.4. The molecule has 1 saturated carbocycles. The lowest BCUT2D eigenvalue weighted by Crippen LogP contribution is -2.57. The highest BCUT2D eigenvalue weighted by Crippen LogP contribution is 2.42. The SMILES string of the molecule is O=C(N1CCN(c2ncccc2Cl)CC1)C1(S(=O)(=O)c2ccc(Cl)cc2)CCCC1. The van der Waals surface area contributed by atoms with E-state index in [1.54, 1.807) is 35.4 Å². The van der Waals surface area contributed by atoms with Crippen LogP contribution in [-0.2, 0) is 14.6 Å². The summed E-state index contributed by atoms with van der Waals surface area (Å²) in [6.45, 7) is 1.98. The molecule has 1 saturated heterocycles. The van der Waals surface area contributed by atoms with Gasteiger partial charge >= 0.3 is 0 Å². The van der Waals surface area contributed by atoms with Crippen LogP contribution in [0, 0.1) is 0 Å². The van der Waals surface area contributed by atoms with Gasteiger partial charge in [-0.15, -0.1) is 0 Å². The van der Waals surface area contributed by atoms with Crippen LogP contribution in [0.1, 0.15) is 25.7 Å². The summed E-state index contributed by atoms with van der Waals surface area (Å²) in [6.07, 6.45) is 3.83. The van der Waals surface area contributed by atoms with Crippen LogP contribution < -0.4 is 4.90 Å². The smallest absolute Gasteiger partial charge is 0.244 e. The number of benzene rings is 1. The number of sulfone groups is 1. The van der Waals surface area contributed by atoms with Crippen molar-refractivity contribution >= 4 is 44.8 Å². The van der Waals surface area contributed by atoms with Crippen LogP contribution in [0.2, 0.25) is 10.0 Å². The minimum atomic E-state index is -3.83. The fourth-order valence-electron chi connectivity index (χ4n) is 4.40. The van der Waals surface area contributed by atoms with E-state index >= 15 is 0 Å². The molecule has 4 rings (SSSR count). The maximum Gasteiger partial charge on any atom is 0.244 e. The summed E-state index contributed by atoms with van der Waals surface area (Å²) >= 11 is 12.2. The van der Waals surface area contributed by atoms with Crippen molar-refractivity contribution in [1.29, 1.82) is 0 Å². The van der Waals surface area contributed by atoms with Crippen molar-refractivity contribution in [2.24, 2.45) is 0 Å². The lowest BCUT2D eigenvalue weighted by molar-refractivity contribution is -0.134. The van der Waals surface area contributed by atoms with E-state index in [2.05, 4.69) is 4.98 Å². The molecule has 0 unspecified atom stereocenters. The third-order valence-corrected chi connectivity index (χ3v) is 9.10. The van der Waals surface area contributed by atoms with Crippen molar-refractivity contribution in [3.63, 3.8) is 0 Å². The Morgan fingerprint density at radius 1 is 0.967 bits per heavy atom. The van der Waals surface area contributed by atoms with E-state index in [0.717, 1.165) is 12.8 Å². The summed E-state index contributed by atoms with van der Waals surface area (Å²) in [4.78, 5) is 21.8. The van der Waals surface area contributed by atoms with Crippen LogP contribution in [0.3, 0.4) is 0 Å². The summed E-state index contributed by atoms with van der Waals surface area (Å²) in [6, 6.07) is 9.65. The first kappa shape index (κ1) is 21.4. The molecule has 6 nitrogen and oxygen atoms in total. The van der Waals surface area contributed by atoms with E-state index in [1.165, 1.54) is 12.1 Å². The second-order valence-corrected chi connectivity index (χ2v) is 10.9. The molecule has 0 N–H and O–H groups in total. The largest absolute Gasteiger partial charge is 0.352 e. The lowest BCUT2D eigenvalue weighted by atomic mass is 10.0. The number of hydrogen-bond donors (Lipinski definition) is 0. The Hall–Kier alpha value is -1.83. The molecule has 0 spiro atoms. The highest BCUT2D eigenvalue weighted by molar-refractivity contribution is 7.93. The fraction of sp³-hybridized carbons (Fsp3) is 0.429. The molecule has 1 amide bonds. The highest BCUT2D eigenvalue weighted by atomic mass is 35.5. The minimum Gasteiger partial charge on any atom is -0.352 e. The molecular formula is C21H23Cl2N3O3S. The zero-order valence-corrected chi connectivity index (χ0v) is 18.8. The molecule has 1 aromatic carbocycles. The summed E-state index contributed by atoms with van der Waals surface area (Å²) < 4.78 is 25.7. The second-order valence-electron chi connectivity index (χ2n) is 7.75. The maximum absolute atomic E-state index is 13.6. The average molecular weight is 468 g/mol. The first-order valence-electron chi connectivity index (χ1n) is 10.0.